The SMILES string of the molecule is C[C@H](NC(=O)/C=C\c1ccc([C@@H]2C[C@H]2C)o1)C(=O)NC(C)(C)C. The lowest BCUT2D eigenvalue weighted by molar-refractivity contribution is -0.127. The van der Waals surface area contributed by atoms with Gasteiger partial charge in [-0.05, 0) is 58.2 Å². The Morgan fingerprint density at radius 1 is 1.35 bits per heavy atom. The van der Waals surface area contributed by atoms with Crippen LogP contribution in [0.3, 0.4) is 0 Å². The maximum atomic E-state index is 11.9. The maximum Gasteiger partial charge on any atom is 0.244 e. The molecule has 5 heteroatoms. The molecule has 1 fully saturated rings. The van der Waals surface area contributed by atoms with Gasteiger partial charge in [-0.3, -0.25) is 9.59 Å². The van der Waals surface area contributed by atoms with Gasteiger partial charge in [0, 0.05) is 17.5 Å². The predicted octanol–water partition coefficient (Wildman–Crippen LogP) is 2.84. The van der Waals surface area contributed by atoms with Crippen LogP contribution in [0.15, 0.2) is 22.6 Å². The van der Waals surface area contributed by atoms with Crippen LogP contribution in [-0.2, 0) is 9.59 Å². The Morgan fingerprint density at radius 3 is 2.57 bits per heavy atom. The summed E-state index contributed by atoms with van der Waals surface area (Å²) in [4.78, 5) is 23.8. The number of nitrogens with one attached hydrogen (secondary N) is 2. The first kappa shape index (κ1) is 17.3. The summed E-state index contributed by atoms with van der Waals surface area (Å²) in [7, 11) is 0. The Kier molecular flexibility index (Phi) is 4.97. The van der Waals surface area contributed by atoms with Gasteiger partial charge < -0.3 is 15.1 Å². The van der Waals surface area contributed by atoms with Gasteiger partial charge in [0.1, 0.15) is 17.6 Å². The van der Waals surface area contributed by atoms with Crippen molar-refractivity contribution in [1.29, 1.82) is 0 Å². The van der Waals surface area contributed by atoms with Crippen LogP contribution in [0.2, 0.25) is 0 Å². The molecule has 0 radical (unpaired) electrons. The molecule has 1 heterocycles. The largest absolute Gasteiger partial charge is 0.461 e. The fourth-order valence-corrected chi connectivity index (χ4v) is 2.34. The number of hydrogen-bond acceptors (Lipinski definition) is 3. The molecule has 5 nitrogen and oxygen atoms in total. The highest BCUT2D eigenvalue weighted by molar-refractivity contribution is 5.95. The molecule has 1 saturated carbocycles. The first-order chi connectivity index (χ1) is 10.7. The second kappa shape index (κ2) is 6.60. The molecule has 3 atom stereocenters. The van der Waals surface area contributed by atoms with Crippen molar-refractivity contribution in [2.24, 2.45) is 5.92 Å². The van der Waals surface area contributed by atoms with Crippen molar-refractivity contribution in [3.63, 3.8) is 0 Å². The van der Waals surface area contributed by atoms with E-state index < -0.39 is 6.04 Å². The van der Waals surface area contributed by atoms with E-state index in [1.54, 1.807) is 13.0 Å². The van der Waals surface area contributed by atoms with E-state index in [0.29, 0.717) is 17.6 Å². The highest BCUT2D eigenvalue weighted by atomic mass is 16.3. The summed E-state index contributed by atoms with van der Waals surface area (Å²) in [6.07, 6.45) is 4.18. The van der Waals surface area contributed by atoms with Crippen molar-refractivity contribution in [1.82, 2.24) is 10.6 Å². The summed E-state index contributed by atoms with van der Waals surface area (Å²) in [5.41, 5.74) is -0.323. The smallest absolute Gasteiger partial charge is 0.244 e. The third kappa shape index (κ3) is 5.27. The highest BCUT2D eigenvalue weighted by Gasteiger charge is 2.36. The van der Waals surface area contributed by atoms with E-state index in [-0.39, 0.29) is 17.4 Å². The third-order valence-corrected chi connectivity index (χ3v) is 3.77. The molecule has 1 aliphatic rings. The topological polar surface area (TPSA) is 71.3 Å². The standard InChI is InChI=1S/C18H26N2O3/c1-11-10-14(11)15-8-6-13(23-15)7-9-16(21)19-12(2)17(22)20-18(3,4)5/h6-9,11-12,14H,10H2,1-5H3,(H,19,21)(H,20,22)/b9-7-/t11-,12+,14-/m1/s1. The van der Waals surface area contributed by atoms with Crippen molar-refractivity contribution < 1.29 is 14.0 Å². The van der Waals surface area contributed by atoms with Gasteiger partial charge >= 0.3 is 0 Å². The van der Waals surface area contributed by atoms with Crippen LogP contribution in [0.1, 0.15) is 58.5 Å². The van der Waals surface area contributed by atoms with Crippen LogP contribution < -0.4 is 10.6 Å². The Bertz CT molecular complexity index is 610. The lowest BCUT2D eigenvalue weighted by Gasteiger charge is -2.23. The number of carbonyl (C=O) groups excluding carboxylic acids is 2. The molecule has 0 unspecified atom stereocenters. The lowest BCUT2D eigenvalue weighted by Crippen LogP contribution is -2.50. The zero-order valence-corrected chi connectivity index (χ0v) is 14.5. The van der Waals surface area contributed by atoms with Crippen molar-refractivity contribution in [2.45, 2.75) is 58.5 Å². The molecule has 0 spiro atoms. The molecular weight excluding hydrogens is 292 g/mol. The molecular formula is C18H26N2O3. The van der Waals surface area contributed by atoms with Crippen LogP contribution in [0.4, 0.5) is 0 Å². The molecule has 2 rings (SSSR count). The molecule has 1 aromatic heterocycles. The van der Waals surface area contributed by atoms with E-state index in [0.717, 1.165) is 12.2 Å². The van der Waals surface area contributed by atoms with Crippen LogP contribution >= 0.6 is 0 Å². The fourth-order valence-electron chi connectivity index (χ4n) is 2.34. The first-order valence-corrected chi connectivity index (χ1v) is 8.06. The molecule has 0 aliphatic heterocycles. The zero-order chi connectivity index (χ0) is 17.2. The van der Waals surface area contributed by atoms with Crippen LogP contribution in [0, 0.1) is 5.92 Å². The lowest BCUT2D eigenvalue weighted by atomic mass is 10.1. The molecule has 1 aromatic rings. The van der Waals surface area contributed by atoms with Gasteiger partial charge in [0.05, 0.1) is 0 Å². The second-order valence-electron chi connectivity index (χ2n) is 7.36. The molecule has 0 saturated heterocycles. The minimum Gasteiger partial charge on any atom is -0.461 e. The van der Waals surface area contributed by atoms with Gasteiger partial charge in [0.25, 0.3) is 0 Å². The highest BCUT2D eigenvalue weighted by Crippen LogP contribution is 2.47. The summed E-state index contributed by atoms with van der Waals surface area (Å²) in [5, 5.41) is 5.47. The number of hydrogen-bond donors (Lipinski definition) is 2. The normalized spacial score (nSPS) is 22.0. The van der Waals surface area contributed by atoms with E-state index >= 15 is 0 Å². The number of furan rings is 1. The number of rotatable bonds is 5. The Morgan fingerprint density at radius 2 is 2.00 bits per heavy atom. The van der Waals surface area contributed by atoms with Crippen molar-refractivity contribution >= 4 is 17.9 Å². The van der Waals surface area contributed by atoms with Crippen molar-refractivity contribution in [2.75, 3.05) is 0 Å². The minimum atomic E-state index is -0.592. The minimum absolute atomic E-state index is 0.206. The first-order valence-electron chi connectivity index (χ1n) is 8.06. The van der Waals surface area contributed by atoms with Gasteiger partial charge in [-0.15, -0.1) is 0 Å². The van der Waals surface area contributed by atoms with Crippen LogP contribution in [0.5, 0.6) is 0 Å². The Labute approximate surface area is 137 Å². The predicted molar refractivity (Wildman–Crippen MR) is 89.8 cm³/mol. The average molecular weight is 318 g/mol. The summed E-state index contributed by atoms with van der Waals surface area (Å²) in [5.74, 6) is 2.31. The van der Waals surface area contributed by atoms with E-state index in [1.807, 2.05) is 32.9 Å². The van der Waals surface area contributed by atoms with Gasteiger partial charge in [-0.2, -0.15) is 0 Å². The Hall–Kier alpha value is -2.04. The van der Waals surface area contributed by atoms with E-state index in [2.05, 4.69) is 17.6 Å². The summed E-state index contributed by atoms with van der Waals surface area (Å²) >= 11 is 0. The third-order valence-electron chi connectivity index (χ3n) is 3.77. The molecule has 126 valence electrons. The monoisotopic (exact) mass is 318 g/mol. The van der Waals surface area contributed by atoms with E-state index in [4.69, 9.17) is 4.42 Å². The fraction of sp³-hybridized carbons (Fsp3) is 0.556. The number of amides is 2. The zero-order valence-electron chi connectivity index (χ0n) is 14.5. The quantitative estimate of drug-likeness (QED) is 0.820. The summed E-state index contributed by atoms with van der Waals surface area (Å²) < 4.78 is 5.70. The molecule has 23 heavy (non-hydrogen) atoms. The van der Waals surface area contributed by atoms with Gasteiger partial charge in [-0.25, -0.2) is 0 Å². The van der Waals surface area contributed by atoms with Crippen LogP contribution in [-0.4, -0.2) is 23.4 Å². The molecule has 0 bridgehead atoms. The van der Waals surface area contributed by atoms with E-state index in [1.165, 1.54) is 6.08 Å². The van der Waals surface area contributed by atoms with Crippen molar-refractivity contribution in [3.05, 3.63) is 29.7 Å². The van der Waals surface area contributed by atoms with E-state index in [9.17, 15) is 9.59 Å². The summed E-state index contributed by atoms with van der Waals surface area (Å²) in [6, 6.07) is 3.23. The van der Waals surface area contributed by atoms with Gasteiger partial charge in [-0.1, -0.05) is 6.92 Å². The number of carbonyl (C=O) groups is 2. The molecule has 2 amide bonds. The second-order valence-corrected chi connectivity index (χ2v) is 7.36. The van der Waals surface area contributed by atoms with Crippen molar-refractivity contribution in [3.8, 4) is 0 Å². The Balaban J connectivity index is 1.84. The molecule has 2 N–H and O–H groups in total. The van der Waals surface area contributed by atoms with Crippen LogP contribution in [0.25, 0.3) is 6.08 Å². The van der Waals surface area contributed by atoms with Gasteiger partial charge in [0.15, 0.2) is 0 Å². The average Bonchev–Trinajstić information content (AvgIpc) is 2.98. The molecule has 0 aromatic carbocycles. The maximum absolute atomic E-state index is 11.9. The summed E-state index contributed by atoms with van der Waals surface area (Å²) in [6.45, 7) is 9.55. The molecule has 1 aliphatic carbocycles. The van der Waals surface area contributed by atoms with Gasteiger partial charge in [0.2, 0.25) is 11.8 Å².